The first kappa shape index (κ1) is 13.4. The summed E-state index contributed by atoms with van der Waals surface area (Å²) < 4.78 is 15.1. The van der Waals surface area contributed by atoms with Gasteiger partial charge in [-0.15, -0.1) is 5.10 Å². The molecule has 1 unspecified atom stereocenters. The Morgan fingerprint density at radius 2 is 2.14 bits per heavy atom. The van der Waals surface area contributed by atoms with Crippen LogP contribution in [0.1, 0.15) is 47.3 Å². The molecule has 0 spiro atoms. The maximum atomic E-state index is 13.2. The van der Waals surface area contributed by atoms with Crippen LogP contribution < -0.4 is 0 Å². The Morgan fingerprint density at radius 1 is 1.27 bits per heavy atom. The molecule has 1 saturated carbocycles. The van der Waals surface area contributed by atoms with Gasteiger partial charge < -0.3 is 4.90 Å². The van der Waals surface area contributed by atoms with E-state index in [1.54, 1.807) is 17.0 Å². The molecule has 0 N–H and O–H groups in total. The number of hydrogen-bond acceptors (Lipinski definition) is 3. The summed E-state index contributed by atoms with van der Waals surface area (Å²) in [6.45, 7) is 1.27. The van der Waals surface area contributed by atoms with Gasteiger partial charge in [-0.1, -0.05) is 11.3 Å². The van der Waals surface area contributed by atoms with E-state index in [9.17, 15) is 9.18 Å². The van der Waals surface area contributed by atoms with Crippen LogP contribution in [-0.2, 0) is 0 Å². The molecule has 2 aliphatic rings. The number of rotatable bonds is 3. The number of likely N-dealkylation sites (tertiary alicyclic amines) is 1. The highest BCUT2D eigenvalue weighted by Crippen LogP contribution is 2.39. The minimum absolute atomic E-state index is 0.121. The Balaban J connectivity index is 1.46. The van der Waals surface area contributed by atoms with Crippen LogP contribution in [0.5, 0.6) is 0 Å². The molecule has 1 aliphatic carbocycles. The van der Waals surface area contributed by atoms with E-state index in [4.69, 9.17) is 0 Å². The molecule has 1 amide bonds. The molecule has 1 saturated heterocycles. The zero-order chi connectivity index (χ0) is 15.1. The second-order valence-corrected chi connectivity index (χ2v) is 6.10. The van der Waals surface area contributed by atoms with Gasteiger partial charge in [-0.3, -0.25) is 4.79 Å². The molecule has 1 aromatic carbocycles. The van der Waals surface area contributed by atoms with Gasteiger partial charge in [0, 0.05) is 30.8 Å². The van der Waals surface area contributed by atoms with Crippen molar-refractivity contribution in [2.45, 2.75) is 31.2 Å². The minimum atomic E-state index is -0.382. The largest absolute Gasteiger partial charge is 0.336 e. The predicted molar refractivity (Wildman–Crippen MR) is 78.0 cm³/mol. The molecule has 2 fully saturated rings. The Labute approximate surface area is 127 Å². The first-order valence-corrected chi connectivity index (χ1v) is 7.67. The average Bonchev–Trinajstić information content (AvgIpc) is 3.06. The molecular formula is C16H17FN4O. The highest BCUT2D eigenvalue weighted by atomic mass is 19.1. The van der Waals surface area contributed by atoms with Crippen LogP contribution in [0.15, 0.2) is 30.5 Å². The SMILES string of the molecule is O=C(c1cccc(F)c1)N1CCC(n2cc(C3CC3)nn2)C1. The summed E-state index contributed by atoms with van der Waals surface area (Å²) in [4.78, 5) is 14.2. The van der Waals surface area contributed by atoms with Crippen molar-refractivity contribution in [1.29, 1.82) is 0 Å². The summed E-state index contributed by atoms with van der Waals surface area (Å²) in [6.07, 6.45) is 5.27. The van der Waals surface area contributed by atoms with Crippen molar-refractivity contribution < 1.29 is 9.18 Å². The van der Waals surface area contributed by atoms with E-state index in [-0.39, 0.29) is 17.8 Å². The number of carbonyl (C=O) groups excluding carboxylic acids is 1. The van der Waals surface area contributed by atoms with Crippen LogP contribution in [0.25, 0.3) is 0 Å². The standard InChI is InChI=1S/C16H17FN4O/c17-13-3-1-2-12(8-13)16(22)20-7-6-14(9-20)21-10-15(18-19-21)11-4-5-11/h1-3,8,10-11,14H,4-7,9H2. The third-order valence-corrected chi connectivity index (χ3v) is 4.42. The highest BCUT2D eigenvalue weighted by Gasteiger charge is 2.31. The molecule has 22 heavy (non-hydrogen) atoms. The third kappa shape index (κ3) is 2.49. The van der Waals surface area contributed by atoms with Crippen molar-refractivity contribution in [2.24, 2.45) is 0 Å². The van der Waals surface area contributed by atoms with Crippen molar-refractivity contribution in [1.82, 2.24) is 19.9 Å². The number of nitrogens with zero attached hydrogens (tertiary/aromatic N) is 4. The summed E-state index contributed by atoms with van der Waals surface area (Å²) in [5.41, 5.74) is 1.47. The Morgan fingerprint density at radius 3 is 2.91 bits per heavy atom. The normalized spacial score (nSPS) is 21.3. The lowest BCUT2D eigenvalue weighted by molar-refractivity contribution is 0.0786. The van der Waals surface area contributed by atoms with E-state index >= 15 is 0 Å². The lowest BCUT2D eigenvalue weighted by Gasteiger charge is -2.16. The minimum Gasteiger partial charge on any atom is -0.336 e. The maximum absolute atomic E-state index is 13.2. The lowest BCUT2D eigenvalue weighted by atomic mass is 10.2. The summed E-state index contributed by atoms with van der Waals surface area (Å²) in [7, 11) is 0. The van der Waals surface area contributed by atoms with Gasteiger partial charge in [0.25, 0.3) is 5.91 Å². The van der Waals surface area contributed by atoms with Crippen LogP contribution in [0.4, 0.5) is 4.39 Å². The molecule has 2 aromatic rings. The van der Waals surface area contributed by atoms with Crippen molar-refractivity contribution >= 4 is 5.91 Å². The van der Waals surface area contributed by atoms with Gasteiger partial charge in [0.15, 0.2) is 0 Å². The third-order valence-electron chi connectivity index (χ3n) is 4.42. The Kier molecular flexibility index (Phi) is 3.17. The van der Waals surface area contributed by atoms with Gasteiger partial charge in [0.1, 0.15) is 5.82 Å². The number of aromatic nitrogens is 3. The quantitative estimate of drug-likeness (QED) is 0.874. The summed E-state index contributed by atoms with van der Waals surface area (Å²) >= 11 is 0. The first-order valence-electron chi connectivity index (χ1n) is 7.67. The molecule has 2 heterocycles. The lowest BCUT2D eigenvalue weighted by Crippen LogP contribution is -2.29. The number of amides is 1. The van der Waals surface area contributed by atoms with E-state index in [0.29, 0.717) is 24.6 Å². The van der Waals surface area contributed by atoms with E-state index in [2.05, 4.69) is 10.3 Å². The average molecular weight is 300 g/mol. The number of halogens is 1. The first-order chi connectivity index (χ1) is 10.7. The summed E-state index contributed by atoms with van der Waals surface area (Å²) in [5, 5.41) is 8.43. The van der Waals surface area contributed by atoms with E-state index in [1.807, 2.05) is 10.9 Å². The molecule has 5 nitrogen and oxygen atoms in total. The van der Waals surface area contributed by atoms with Crippen molar-refractivity contribution in [2.75, 3.05) is 13.1 Å². The second kappa shape index (κ2) is 5.19. The van der Waals surface area contributed by atoms with Crippen molar-refractivity contribution in [3.8, 4) is 0 Å². The van der Waals surface area contributed by atoms with Gasteiger partial charge in [-0.25, -0.2) is 9.07 Å². The zero-order valence-electron chi connectivity index (χ0n) is 12.2. The second-order valence-electron chi connectivity index (χ2n) is 6.10. The fourth-order valence-electron chi connectivity index (χ4n) is 2.98. The molecule has 114 valence electrons. The van der Waals surface area contributed by atoms with Gasteiger partial charge in [-0.05, 0) is 37.5 Å². The predicted octanol–water partition coefficient (Wildman–Crippen LogP) is 2.38. The highest BCUT2D eigenvalue weighted by molar-refractivity contribution is 5.94. The van der Waals surface area contributed by atoms with E-state index in [0.717, 1.165) is 12.1 Å². The molecule has 1 atom stereocenters. The molecule has 0 bridgehead atoms. The van der Waals surface area contributed by atoms with Crippen LogP contribution in [-0.4, -0.2) is 38.9 Å². The summed E-state index contributed by atoms with van der Waals surface area (Å²) in [6, 6.07) is 6.02. The topological polar surface area (TPSA) is 51.0 Å². The number of carbonyl (C=O) groups is 1. The van der Waals surface area contributed by atoms with Crippen LogP contribution in [0.2, 0.25) is 0 Å². The Hall–Kier alpha value is -2.24. The Bertz CT molecular complexity index is 710. The number of hydrogen-bond donors (Lipinski definition) is 0. The van der Waals surface area contributed by atoms with Crippen molar-refractivity contribution in [3.63, 3.8) is 0 Å². The molecule has 6 heteroatoms. The van der Waals surface area contributed by atoms with E-state index < -0.39 is 0 Å². The van der Waals surface area contributed by atoms with Gasteiger partial charge in [-0.2, -0.15) is 0 Å². The molecule has 4 rings (SSSR count). The molecular weight excluding hydrogens is 283 g/mol. The van der Waals surface area contributed by atoms with Crippen LogP contribution in [0, 0.1) is 5.82 Å². The van der Waals surface area contributed by atoms with Crippen LogP contribution in [0.3, 0.4) is 0 Å². The fourth-order valence-corrected chi connectivity index (χ4v) is 2.98. The fraction of sp³-hybridized carbons (Fsp3) is 0.438. The summed E-state index contributed by atoms with van der Waals surface area (Å²) in [5.74, 6) is 0.0802. The van der Waals surface area contributed by atoms with Crippen LogP contribution >= 0.6 is 0 Å². The smallest absolute Gasteiger partial charge is 0.254 e. The van der Waals surface area contributed by atoms with Gasteiger partial charge >= 0.3 is 0 Å². The molecule has 0 radical (unpaired) electrons. The van der Waals surface area contributed by atoms with Gasteiger partial charge in [0.05, 0.1) is 11.7 Å². The molecule has 1 aromatic heterocycles. The number of benzene rings is 1. The zero-order valence-corrected chi connectivity index (χ0v) is 12.2. The van der Waals surface area contributed by atoms with Crippen molar-refractivity contribution in [3.05, 3.63) is 47.5 Å². The maximum Gasteiger partial charge on any atom is 0.254 e. The van der Waals surface area contributed by atoms with E-state index in [1.165, 1.54) is 25.0 Å². The molecule has 1 aliphatic heterocycles. The van der Waals surface area contributed by atoms with Gasteiger partial charge in [0.2, 0.25) is 0 Å². The monoisotopic (exact) mass is 300 g/mol.